The van der Waals surface area contributed by atoms with Gasteiger partial charge in [-0.15, -0.1) is 0 Å². The van der Waals surface area contributed by atoms with Crippen molar-refractivity contribution in [2.24, 2.45) is 4.99 Å². The first-order chi connectivity index (χ1) is 13.7. The maximum Gasteiger partial charge on any atom is 0.262 e. The molecule has 7 nitrogen and oxygen atoms in total. The molecule has 0 fully saturated rings. The van der Waals surface area contributed by atoms with Crippen LogP contribution in [0.4, 0.5) is 5.69 Å². The monoisotopic (exact) mass is 475 g/mol. The molecule has 1 heterocycles. The van der Waals surface area contributed by atoms with Crippen molar-refractivity contribution >= 4 is 54.8 Å². The highest BCUT2D eigenvalue weighted by atomic mass is 35.5. The quantitative estimate of drug-likeness (QED) is 0.680. The fourth-order valence-corrected chi connectivity index (χ4v) is 5.64. The van der Waals surface area contributed by atoms with Crippen LogP contribution in [0.1, 0.15) is 25.7 Å². The first kappa shape index (κ1) is 21.9. The number of hydrogen-bond donors (Lipinski definition) is 2. The van der Waals surface area contributed by atoms with Gasteiger partial charge in [-0.05, 0) is 55.3 Å². The van der Waals surface area contributed by atoms with Gasteiger partial charge in [-0.2, -0.15) is 0 Å². The van der Waals surface area contributed by atoms with Crippen LogP contribution in [0.3, 0.4) is 0 Å². The molecule has 0 aromatic heterocycles. The topological polar surface area (TPSA) is 105 Å². The van der Waals surface area contributed by atoms with Crippen molar-refractivity contribution in [2.75, 3.05) is 11.3 Å². The number of benzene rings is 2. The second-order valence-electron chi connectivity index (χ2n) is 6.48. The van der Waals surface area contributed by atoms with Crippen LogP contribution in [0.15, 0.2) is 57.2 Å². The lowest BCUT2D eigenvalue weighted by molar-refractivity contribution is 0.591. The summed E-state index contributed by atoms with van der Waals surface area (Å²) in [7, 11) is -7.73. The number of hydrogen-bond acceptors (Lipinski definition) is 5. The van der Waals surface area contributed by atoms with Gasteiger partial charge < -0.3 is 0 Å². The Bertz CT molecular complexity index is 1110. The molecule has 1 aliphatic rings. The zero-order chi connectivity index (χ0) is 21.1. The minimum absolute atomic E-state index is 0.0122. The third-order valence-corrected chi connectivity index (χ3v) is 7.38. The van der Waals surface area contributed by atoms with Gasteiger partial charge >= 0.3 is 0 Å². The van der Waals surface area contributed by atoms with Gasteiger partial charge in [-0.25, -0.2) is 16.8 Å². The number of anilines is 1. The summed E-state index contributed by atoms with van der Waals surface area (Å²) >= 11 is 11.7. The number of sulfonamides is 2. The van der Waals surface area contributed by atoms with Crippen LogP contribution in [0, 0.1) is 0 Å². The Morgan fingerprint density at radius 1 is 0.759 bits per heavy atom. The molecule has 0 unspecified atom stereocenters. The van der Waals surface area contributed by atoms with E-state index >= 15 is 0 Å². The van der Waals surface area contributed by atoms with E-state index in [1.165, 1.54) is 42.5 Å². The molecular weight excluding hydrogens is 457 g/mol. The van der Waals surface area contributed by atoms with Gasteiger partial charge in [0.1, 0.15) is 5.84 Å². The Morgan fingerprint density at radius 3 is 2.03 bits per heavy atom. The number of amidine groups is 1. The van der Waals surface area contributed by atoms with E-state index in [0.29, 0.717) is 18.8 Å². The number of rotatable bonds is 5. The minimum atomic E-state index is -3.94. The van der Waals surface area contributed by atoms with Crippen molar-refractivity contribution < 1.29 is 16.8 Å². The number of aliphatic imine (C=N–C) groups is 1. The molecule has 1 aliphatic heterocycles. The molecule has 0 saturated heterocycles. The zero-order valence-electron chi connectivity index (χ0n) is 15.2. The fourth-order valence-electron chi connectivity index (χ4n) is 2.77. The molecular formula is C18H19Cl2N3O4S2. The lowest BCUT2D eigenvalue weighted by Gasteiger charge is -2.11. The molecule has 3 rings (SSSR count). The Hall–Kier alpha value is -1.81. The van der Waals surface area contributed by atoms with Crippen molar-refractivity contribution in [3.05, 3.63) is 52.5 Å². The average molecular weight is 476 g/mol. The molecule has 29 heavy (non-hydrogen) atoms. The van der Waals surface area contributed by atoms with Gasteiger partial charge in [0.2, 0.25) is 0 Å². The highest BCUT2D eigenvalue weighted by molar-refractivity contribution is 7.92. The molecule has 0 atom stereocenters. The van der Waals surface area contributed by atoms with Crippen molar-refractivity contribution in [3.63, 3.8) is 0 Å². The van der Waals surface area contributed by atoms with Crippen LogP contribution in [0.25, 0.3) is 0 Å². The van der Waals surface area contributed by atoms with Gasteiger partial charge in [0, 0.05) is 28.7 Å². The zero-order valence-corrected chi connectivity index (χ0v) is 18.4. The lowest BCUT2D eigenvalue weighted by atomic mass is 10.2. The summed E-state index contributed by atoms with van der Waals surface area (Å²) < 4.78 is 55.0. The molecule has 2 aromatic carbocycles. The molecule has 2 N–H and O–H groups in total. The molecule has 0 radical (unpaired) electrons. The van der Waals surface area contributed by atoms with Crippen LogP contribution in [-0.2, 0) is 20.0 Å². The highest BCUT2D eigenvalue weighted by Crippen LogP contribution is 2.24. The van der Waals surface area contributed by atoms with E-state index in [-0.39, 0.29) is 25.5 Å². The summed E-state index contributed by atoms with van der Waals surface area (Å²) in [6.07, 6.45) is 3.42. The van der Waals surface area contributed by atoms with E-state index in [2.05, 4.69) is 14.4 Å². The first-order valence-electron chi connectivity index (χ1n) is 8.81. The summed E-state index contributed by atoms with van der Waals surface area (Å²) in [5.74, 6) is 0.449. The Balaban J connectivity index is 1.76. The number of halogens is 2. The molecule has 0 aliphatic carbocycles. The number of nitrogens with one attached hydrogen (secondary N) is 2. The summed E-state index contributed by atoms with van der Waals surface area (Å²) in [5.41, 5.74) is 0.201. The average Bonchev–Trinajstić information content (AvgIpc) is 2.89. The van der Waals surface area contributed by atoms with Gasteiger partial charge in [0.25, 0.3) is 20.0 Å². The molecule has 156 valence electrons. The Labute approximate surface area is 180 Å². The van der Waals surface area contributed by atoms with E-state index in [4.69, 9.17) is 23.2 Å². The predicted octanol–water partition coefficient (Wildman–Crippen LogP) is 4.05. The Kier molecular flexibility index (Phi) is 6.72. The minimum Gasteiger partial charge on any atom is -0.280 e. The van der Waals surface area contributed by atoms with Crippen LogP contribution in [-0.4, -0.2) is 29.2 Å². The standard InChI is InChI=1S/C18H19Cl2N3O4S2/c19-13-10-14(20)12-17(11-13)29(26,27)22-15-5-7-16(8-6-15)28(24,25)23-18-4-2-1-3-9-21-18/h5-8,10-12,22H,1-4,9H2,(H,21,23). The van der Waals surface area contributed by atoms with Crippen molar-refractivity contribution in [2.45, 2.75) is 35.5 Å². The third-order valence-electron chi connectivity index (χ3n) is 4.19. The van der Waals surface area contributed by atoms with Crippen molar-refractivity contribution in [1.82, 2.24) is 4.72 Å². The van der Waals surface area contributed by atoms with Gasteiger partial charge in [-0.3, -0.25) is 14.4 Å². The third kappa shape index (κ3) is 5.85. The van der Waals surface area contributed by atoms with Gasteiger partial charge in [0.05, 0.1) is 9.79 Å². The molecule has 0 bridgehead atoms. The van der Waals surface area contributed by atoms with E-state index in [0.717, 1.165) is 19.3 Å². The predicted molar refractivity (Wildman–Crippen MR) is 115 cm³/mol. The van der Waals surface area contributed by atoms with E-state index in [1.54, 1.807) is 0 Å². The lowest BCUT2D eigenvalue weighted by Crippen LogP contribution is -2.30. The highest BCUT2D eigenvalue weighted by Gasteiger charge is 2.19. The maximum absolute atomic E-state index is 12.5. The van der Waals surface area contributed by atoms with Crippen molar-refractivity contribution in [1.29, 1.82) is 0 Å². The number of nitrogens with zero attached hydrogens (tertiary/aromatic N) is 1. The summed E-state index contributed by atoms with van der Waals surface area (Å²) in [6.45, 7) is 0.603. The largest absolute Gasteiger partial charge is 0.280 e. The molecule has 0 spiro atoms. The summed E-state index contributed by atoms with van der Waals surface area (Å²) in [5, 5.41) is 0.374. The van der Waals surface area contributed by atoms with E-state index < -0.39 is 20.0 Å². The smallest absolute Gasteiger partial charge is 0.262 e. The SMILES string of the molecule is O=S(=O)(NC1=NCCCCC1)c1ccc(NS(=O)(=O)c2cc(Cl)cc(Cl)c2)cc1. The normalized spacial score (nSPS) is 15.3. The maximum atomic E-state index is 12.5. The van der Waals surface area contributed by atoms with Gasteiger partial charge in [0.15, 0.2) is 0 Å². The summed E-state index contributed by atoms with van der Waals surface area (Å²) in [6, 6.07) is 9.34. The van der Waals surface area contributed by atoms with Crippen LogP contribution >= 0.6 is 23.2 Å². The van der Waals surface area contributed by atoms with Crippen molar-refractivity contribution in [3.8, 4) is 0 Å². The summed E-state index contributed by atoms with van der Waals surface area (Å²) in [4.78, 5) is 4.18. The molecule has 0 amide bonds. The van der Waals surface area contributed by atoms with Crippen LogP contribution < -0.4 is 9.44 Å². The van der Waals surface area contributed by atoms with E-state index in [9.17, 15) is 16.8 Å². The second-order valence-corrected chi connectivity index (χ2v) is 10.7. The van der Waals surface area contributed by atoms with Gasteiger partial charge in [-0.1, -0.05) is 29.6 Å². The van der Waals surface area contributed by atoms with E-state index in [1.807, 2.05) is 0 Å². The molecule has 0 saturated carbocycles. The second kappa shape index (κ2) is 8.91. The Morgan fingerprint density at radius 2 is 1.38 bits per heavy atom. The first-order valence-corrected chi connectivity index (χ1v) is 12.5. The van der Waals surface area contributed by atoms with Crippen LogP contribution in [0.2, 0.25) is 10.0 Å². The fraction of sp³-hybridized carbons (Fsp3) is 0.278. The molecule has 2 aromatic rings. The molecule has 11 heteroatoms. The van der Waals surface area contributed by atoms with Crippen LogP contribution in [0.5, 0.6) is 0 Å².